The first-order chi connectivity index (χ1) is 13.2. The predicted molar refractivity (Wildman–Crippen MR) is 105 cm³/mol. The molecular formula is C20H21N5O2. The van der Waals surface area contributed by atoms with Crippen molar-refractivity contribution in [2.24, 2.45) is 0 Å². The number of nitrogens with one attached hydrogen (secondary N) is 1. The number of anilines is 2. The average Bonchev–Trinajstić information content (AvgIpc) is 3.23. The lowest BCUT2D eigenvalue weighted by molar-refractivity contribution is 0.222. The number of nitrogen functional groups attached to an aromatic ring is 1. The van der Waals surface area contributed by atoms with Crippen LogP contribution in [0.3, 0.4) is 0 Å². The Morgan fingerprint density at radius 2 is 2.00 bits per heavy atom. The second kappa shape index (κ2) is 7.49. The van der Waals surface area contributed by atoms with E-state index in [0.717, 1.165) is 42.4 Å². The van der Waals surface area contributed by atoms with E-state index in [9.17, 15) is 4.79 Å². The number of ether oxygens (including phenoxy) is 1. The van der Waals surface area contributed by atoms with Crippen molar-refractivity contribution in [3.63, 3.8) is 0 Å². The summed E-state index contributed by atoms with van der Waals surface area (Å²) in [7, 11) is 0. The monoisotopic (exact) mass is 363 g/mol. The number of benzene rings is 1. The quantitative estimate of drug-likeness (QED) is 0.693. The number of carbonyl (C=O) groups excluding carboxylic acids is 1. The van der Waals surface area contributed by atoms with E-state index >= 15 is 0 Å². The molecule has 27 heavy (non-hydrogen) atoms. The smallest absolute Gasteiger partial charge is 0.323 e. The Morgan fingerprint density at radius 1 is 1.15 bits per heavy atom. The third kappa shape index (κ3) is 3.76. The first kappa shape index (κ1) is 17.1. The number of nitrogens with two attached hydrogens (primary N) is 1. The van der Waals surface area contributed by atoms with Crippen LogP contribution in [-0.4, -0.2) is 34.0 Å². The first-order valence-corrected chi connectivity index (χ1v) is 8.97. The minimum Gasteiger partial charge on any atom is -0.487 e. The molecule has 1 saturated heterocycles. The van der Waals surface area contributed by atoms with Gasteiger partial charge in [0.05, 0.1) is 0 Å². The third-order valence-corrected chi connectivity index (χ3v) is 4.61. The summed E-state index contributed by atoms with van der Waals surface area (Å²) in [5, 5.41) is 3.72. The van der Waals surface area contributed by atoms with E-state index in [4.69, 9.17) is 10.5 Å². The van der Waals surface area contributed by atoms with Crippen LogP contribution in [0, 0.1) is 0 Å². The largest absolute Gasteiger partial charge is 0.487 e. The summed E-state index contributed by atoms with van der Waals surface area (Å²) in [6.45, 7) is 1.93. The Bertz CT molecular complexity index is 969. The number of hydrogen-bond donors (Lipinski definition) is 2. The van der Waals surface area contributed by atoms with E-state index < -0.39 is 0 Å². The van der Waals surface area contributed by atoms with Crippen molar-refractivity contribution in [2.75, 3.05) is 24.1 Å². The zero-order valence-corrected chi connectivity index (χ0v) is 14.9. The number of hydrogen-bond acceptors (Lipinski definition) is 5. The summed E-state index contributed by atoms with van der Waals surface area (Å²) in [5.74, 6) is 1.19. The van der Waals surface area contributed by atoms with Crippen LogP contribution in [-0.2, 0) is 6.61 Å². The van der Waals surface area contributed by atoms with Crippen molar-refractivity contribution in [3.8, 4) is 5.75 Å². The second-order valence-corrected chi connectivity index (χ2v) is 6.51. The molecule has 138 valence electrons. The van der Waals surface area contributed by atoms with E-state index in [1.165, 1.54) is 0 Å². The minimum absolute atomic E-state index is 0.105. The van der Waals surface area contributed by atoms with Crippen LogP contribution in [0.25, 0.3) is 10.9 Å². The van der Waals surface area contributed by atoms with Gasteiger partial charge in [0.25, 0.3) is 0 Å². The molecule has 0 atom stereocenters. The predicted octanol–water partition coefficient (Wildman–Crippen LogP) is 3.42. The van der Waals surface area contributed by atoms with E-state index in [1.807, 2.05) is 36.4 Å². The number of pyridine rings is 2. The van der Waals surface area contributed by atoms with E-state index in [2.05, 4.69) is 15.3 Å². The Morgan fingerprint density at radius 3 is 2.85 bits per heavy atom. The summed E-state index contributed by atoms with van der Waals surface area (Å²) in [6.07, 6.45) is 5.49. The van der Waals surface area contributed by atoms with Gasteiger partial charge in [-0.2, -0.15) is 0 Å². The molecule has 0 bridgehead atoms. The molecule has 0 saturated carbocycles. The summed E-state index contributed by atoms with van der Waals surface area (Å²) < 4.78 is 5.95. The normalized spacial score (nSPS) is 13.7. The van der Waals surface area contributed by atoms with Gasteiger partial charge in [0, 0.05) is 36.6 Å². The van der Waals surface area contributed by atoms with Crippen molar-refractivity contribution < 1.29 is 9.53 Å². The van der Waals surface area contributed by atoms with Crippen molar-refractivity contribution in [1.29, 1.82) is 0 Å². The number of rotatable bonds is 4. The maximum Gasteiger partial charge on any atom is 0.323 e. The number of amides is 2. The molecule has 3 heterocycles. The summed E-state index contributed by atoms with van der Waals surface area (Å²) in [4.78, 5) is 22.6. The molecular weight excluding hydrogens is 342 g/mol. The standard InChI is InChI=1S/C20H21N5O2/c21-16-5-6-17(19-15(16)4-3-8-23-19)27-13-14-7-9-22-18(12-14)24-20(26)25-10-1-2-11-25/h3-9,12H,1-2,10-11,13,21H2,(H,22,24,26). The fourth-order valence-corrected chi connectivity index (χ4v) is 3.19. The molecule has 3 N–H and O–H groups in total. The molecule has 0 radical (unpaired) electrons. The van der Waals surface area contributed by atoms with E-state index in [-0.39, 0.29) is 6.03 Å². The Labute approximate surface area is 157 Å². The highest BCUT2D eigenvalue weighted by Gasteiger charge is 2.18. The number of carbonyl (C=O) groups is 1. The van der Waals surface area contributed by atoms with Crippen LogP contribution in [0.2, 0.25) is 0 Å². The van der Waals surface area contributed by atoms with Gasteiger partial charge >= 0.3 is 6.03 Å². The average molecular weight is 363 g/mol. The lowest BCUT2D eigenvalue weighted by Gasteiger charge is -2.16. The zero-order chi connectivity index (χ0) is 18.6. The molecule has 0 spiro atoms. The third-order valence-electron chi connectivity index (χ3n) is 4.61. The molecule has 0 aliphatic carbocycles. The molecule has 1 fully saturated rings. The van der Waals surface area contributed by atoms with E-state index in [1.54, 1.807) is 17.3 Å². The SMILES string of the molecule is Nc1ccc(OCc2ccnc(NC(=O)N3CCCC3)c2)c2ncccc12. The molecule has 7 heteroatoms. The van der Waals surface area contributed by atoms with Gasteiger partial charge in [-0.3, -0.25) is 10.3 Å². The Balaban J connectivity index is 1.46. The van der Waals surface area contributed by atoms with Crippen LogP contribution in [0.15, 0.2) is 48.8 Å². The molecule has 2 aromatic heterocycles. The van der Waals surface area contributed by atoms with Crippen LogP contribution >= 0.6 is 0 Å². The molecule has 7 nitrogen and oxygen atoms in total. The second-order valence-electron chi connectivity index (χ2n) is 6.51. The van der Waals surface area contributed by atoms with Gasteiger partial charge in [0.1, 0.15) is 23.7 Å². The van der Waals surface area contributed by atoms with Crippen LogP contribution in [0.4, 0.5) is 16.3 Å². The summed E-state index contributed by atoms with van der Waals surface area (Å²) >= 11 is 0. The van der Waals surface area contributed by atoms with Gasteiger partial charge in [-0.1, -0.05) is 0 Å². The number of aromatic nitrogens is 2. The molecule has 0 unspecified atom stereocenters. The molecule has 1 aromatic carbocycles. The highest BCUT2D eigenvalue weighted by atomic mass is 16.5. The Kier molecular flexibility index (Phi) is 4.74. The van der Waals surface area contributed by atoms with Gasteiger partial charge in [-0.15, -0.1) is 0 Å². The molecule has 1 aliphatic rings. The molecule has 4 rings (SSSR count). The van der Waals surface area contributed by atoms with Crippen molar-refractivity contribution in [1.82, 2.24) is 14.9 Å². The maximum atomic E-state index is 12.2. The van der Waals surface area contributed by atoms with Gasteiger partial charge in [0.2, 0.25) is 0 Å². The number of nitrogens with zero attached hydrogens (tertiary/aromatic N) is 3. The molecule has 2 amide bonds. The van der Waals surface area contributed by atoms with Gasteiger partial charge in [-0.25, -0.2) is 9.78 Å². The van der Waals surface area contributed by atoms with Gasteiger partial charge in [0.15, 0.2) is 0 Å². The van der Waals surface area contributed by atoms with Crippen molar-refractivity contribution >= 4 is 28.4 Å². The number of fused-ring (bicyclic) bond motifs is 1. The fraction of sp³-hybridized carbons (Fsp3) is 0.250. The van der Waals surface area contributed by atoms with E-state index in [0.29, 0.717) is 23.9 Å². The van der Waals surface area contributed by atoms with Crippen LogP contribution in [0.5, 0.6) is 5.75 Å². The lowest BCUT2D eigenvalue weighted by atomic mass is 10.1. The van der Waals surface area contributed by atoms with Gasteiger partial charge < -0.3 is 15.4 Å². The Hall–Kier alpha value is -3.35. The highest BCUT2D eigenvalue weighted by Crippen LogP contribution is 2.28. The molecule has 3 aromatic rings. The fourth-order valence-electron chi connectivity index (χ4n) is 3.19. The maximum absolute atomic E-state index is 12.2. The minimum atomic E-state index is -0.105. The highest BCUT2D eigenvalue weighted by molar-refractivity contribution is 5.94. The summed E-state index contributed by atoms with van der Waals surface area (Å²) in [5.41, 5.74) is 8.31. The topological polar surface area (TPSA) is 93.4 Å². The van der Waals surface area contributed by atoms with Crippen LogP contribution < -0.4 is 15.8 Å². The number of likely N-dealkylation sites (tertiary alicyclic amines) is 1. The zero-order valence-electron chi connectivity index (χ0n) is 14.9. The van der Waals surface area contributed by atoms with Gasteiger partial charge in [-0.05, 0) is 54.8 Å². The summed E-state index contributed by atoms with van der Waals surface area (Å²) in [6, 6.07) is 11.0. The van der Waals surface area contributed by atoms with Crippen molar-refractivity contribution in [2.45, 2.75) is 19.4 Å². The van der Waals surface area contributed by atoms with Crippen molar-refractivity contribution in [3.05, 3.63) is 54.4 Å². The molecule has 1 aliphatic heterocycles. The lowest BCUT2D eigenvalue weighted by Crippen LogP contribution is -2.32. The number of urea groups is 1. The van der Waals surface area contributed by atoms with Crippen LogP contribution in [0.1, 0.15) is 18.4 Å². The first-order valence-electron chi connectivity index (χ1n) is 8.97.